The van der Waals surface area contributed by atoms with E-state index in [1.165, 1.54) is 0 Å². The summed E-state index contributed by atoms with van der Waals surface area (Å²) in [4.78, 5) is 28.3. The summed E-state index contributed by atoms with van der Waals surface area (Å²) in [5.74, 6) is -1.06. The van der Waals surface area contributed by atoms with Gasteiger partial charge in [0.15, 0.2) is 15.6 Å². The van der Waals surface area contributed by atoms with E-state index in [2.05, 4.69) is 15.9 Å². The first-order valence-electron chi connectivity index (χ1n) is 10.7. The molecule has 170 valence electrons. The number of anilines is 1. The van der Waals surface area contributed by atoms with Crippen molar-refractivity contribution in [3.8, 4) is 0 Å². The van der Waals surface area contributed by atoms with Gasteiger partial charge in [-0.2, -0.15) is 0 Å². The molecule has 0 radical (unpaired) electrons. The Balaban J connectivity index is 1.42. The van der Waals surface area contributed by atoms with Crippen molar-refractivity contribution in [1.82, 2.24) is 4.90 Å². The van der Waals surface area contributed by atoms with E-state index in [1.54, 1.807) is 28.9 Å². The van der Waals surface area contributed by atoms with Crippen molar-refractivity contribution in [2.45, 2.75) is 49.7 Å². The Morgan fingerprint density at radius 3 is 2.42 bits per heavy atom. The molecule has 0 unspecified atom stereocenters. The zero-order chi connectivity index (χ0) is 22.2. The highest BCUT2D eigenvalue weighted by molar-refractivity contribution is 9.10. The fourth-order valence-electron chi connectivity index (χ4n) is 4.45. The van der Waals surface area contributed by atoms with Crippen molar-refractivity contribution in [3.05, 3.63) is 22.2 Å². The van der Waals surface area contributed by atoms with Crippen LogP contribution in [-0.2, 0) is 35.3 Å². The number of ether oxygens (including phenoxy) is 2. The summed E-state index contributed by atoms with van der Waals surface area (Å²) in [5, 5.41) is 0. The van der Waals surface area contributed by atoms with E-state index in [1.807, 2.05) is 0 Å². The second-order valence-electron chi connectivity index (χ2n) is 8.12. The molecule has 2 saturated heterocycles. The van der Waals surface area contributed by atoms with Crippen LogP contribution in [0.25, 0.3) is 0 Å². The van der Waals surface area contributed by atoms with Gasteiger partial charge in [0.05, 0.1) is 23.9 Å². The third-order valence-corrected chi connectivity index (χ3v) is 8.91. The fraction of sp³-hybridized carbons (Fsp3) is 0.619. The van der Waals surface area contributed by atoms with Gasteiger partial charge in [-0.3, -0.25) is 9.59 Å². The minimum atomic E-state index is -3.71. The minimum absolute atomic E-state index is 0.0299. The standard InChI is InChI=1S/C21H27BrN2O6S/c1-2-19(25)24-7-3-15-13-16(22)18(14-17(15)24)31(27,28)12-4-20(26)23-8-5-21(6-9-23)29-10-11-30-21/h13-14H,2-12H2,1H3. The number of hydrogen-bond donors (Lipinski definition) is 0. The molecule has 0 aliphatic carbocycles. The van der Waals surface area contributed by atoms with Gasteiger partial charge in [-0.05, 0) is 40.0 Å². The average Bonchev–Trinajstić information content (AvgIpc) is 3.38. The fourth-order valence-corrected chi connectivity index (χ4v) is 6.89. The first-order valence-corrected chi connectivity index (χ1v) is 13.1. The Labute approximate surface area is 190 Å². The molecule has 10 heteroatoms. The molecule has 3 aliphatic rings. The van der Waals surface area contributed by atoms with E-state index in [4.69, 9.17) is 9.47 Å². The molecule has 4 rings (SSSR count). The van der Waals surface area contributed by atoms with Crippen LogP contribution in [0.15, 0.2) is 21.5 Å². The molecule has 1 spiro atoms. The highest BCUT2D eigenvalue weighted by atomic mass is 79.9. The van der Waals surface area contributed by atoms with Gasteiger partial charge in [-0.25, -0.2) is 8.42 Å². The van der Waals surface area contributed by atoms with Gasteiger partial charge >= 0.3 is 0 Å². The zero-order valence-electron chi connectivity index (χ0n) is 17.6. The Morgan fingerprint density at radius 1 is 1.10 bits per heavy atom. The molecule has 1 aromatic carbocycles. The first kappa shape index (κ1) is 22.7. The minimum Gasteiger partial charge on any atom is -0.347 e. The molecule has 0 N–H and O–H groups in total. The van der Waals surface area contributed by atoms with Gasteiger partial charge in [-0.15, -0.1) is 0 Å². The van der Waals surface area contributed by atoms with Crippen LogP contribution in [0.4, 0.5) is 5.69 Å². The van der Waals surface area contributed by atoms with Gasteiger partial charge < -0.3 is 19.3 Å². The van der Waals surface area contributed by atoms with Crippen LogP contribution in [0.1, 0.15) is 38.2 Å². The predicted octanol–water partition coefficient (Wildman–Crippen LogP) is 2.28. The van der Waals surface area contributed by atoms with Crippen LogP contribution in [0.5, 0.6) is 0 Å². The van der Waals surface area contributed by atoms with E-state index >= 15 is 0 Å². The topological polar surface area (TPSA) is 93.2 Å². The van der Waals surface area contributed by atoms with Crippen LogP contribution in [0, 0.1) is 0 Å². The van der Waals surface area contributed by atoms with Crippen molar-refractivity contribution in [3.63, 3.8) is 0 Å². The summed E-state index contributed by atoms with van der Waals surface area (Å²) in [6, 6.07) is 3.35. The third-order valence-electron chi connectivity index (χ3n) is 6.24. The Bertz CT molecular complexity index is 980. The number of sulfone groups is 1. The van der Waals surface area contributed by atoms with Crippen LogP contribution < -0.4 is 4.90 Å². The van der Waals surface area contributed by atoms with E-state index in [0.717, 1.165) is 5.56 Å². The highest BCUT2D eigenvalue weighted by Gasteiger charge is 2.40. The zero-order valence-corrected chi connectivity index (χ0v) is 20.0. The van der Waals surface area contributed by atoms with Crippen molar-refractivity contribution in [2.24, 2.45) is 0 Å². The van der Waals surface area contributed by atoms with Crippen LogP contribution >= 0.6 is 15.9 Å². The van der Waals surface area contributed by atoms with Crippen molar-refractivity contribution in [1.29, 1.82) is 0 Å². The van der Waals surface area contributed by atoms with Crippen molar-refractivity contribution in [2.75, 3.05) is 43.5 Å². The molecular weight excluding hydrogens is 488 g/mol. The second-order valence-corrected chi connectivity index (χ2v) is 11.0. The van der Waals surface area contributed by atoms with Crippen LogP contribution in [0.3, 0.4) is 0 Å². The summed E-state index contributed by atoms with van der Waals surface area (Å²) in [6.07, 6.45) is 2.17. The Morgan fingerprint density at radius 2 is 1.77 bits per heavy atom. The maximum absolute atomic E-state index is 13.0. The molecular formula is C21H27BrN2O6S. The van der Waals surface area contributed by atoms with Gasteiger partial charge in [0.2, 0.25) is 11.8 Å². The van der Waals surface area contributed by atoms with E-state index < -0.39 is 15.6 Å². The number of nitrogens with zero attached hydrogens (tertiary/aromatic N) is 2. The molecule has 3 aliphatic heterocycles. The lowest BCUT2D eigenvalue weighted by Gasteiger charge is -2.37. The molecule has 8 nitrogen and oxygen atoms in total. The van der Waals surface area contributed by atoms with Gasteiger partial charge in [-0.1, -0.05) is 6.92 Å². The van der Waals surface area contributed by atoms with E-state index in [9.17, 15) is 18.0 Å². The Kier molecular flexibility index (Phi) is 6.44. The summed E-state index contributed by atoms with van der Waals surface area (Å²) in [5.41, 5.74) is 1.60. The van der Waals surface area contributed by atoms with Crippen molar-refractivity contribution >= 4 is 43.3 Å². The largest absolute Gasteiger partial charge is 0.347 e. The lowest BCUT2D eigenvalue weighted by molar-refractivity contribution is -0.187. The van der Waals surface area contributed by atoms with Crippen LogP contribution in [-0.4, -0.2) is 69.5 Å². The predicted molar refractivity (Wildman–Crippen MR) is 118 cm³/mol. The molecule has 0 atom stereocenters. The summed E-state index contributed by atoms with van der Waals surface area (Å²) < 4.78 is 37.9. The lowest BCUT2D eigenvalue weighted by atomic mass is 10.0. The number of carbonyl (C=O) groups excluding carboxylic acids is 2. The Hall–Kier alpha value is -1.49. The molecule has 0 aromatic heterocycles. The van der Waals surface area contributed by atoms with Gasteiger partial charge in [0.25, 0.3) is 0 Å². The van der Waals surface area contributed by atoms with E-state index in [0.29, 0.717) is 68.7 Å². The number of rotatable bonds is 5. The van der Waals surface area contributed by atoms with Crippen molar-refractivity contribution < 1.29 is 27.5 Å². The monoisotopic (exact) mass is 514 g/mol. The summed E-state index contributed by atoms with van der Waals surface area (Å²) in [6.45, 7) is 4.48. The maximum Gasteiger partial charge on any atom is 0.226 e. The SMILES string of the molecule is CCC(=O)N1CCc2cc(Br)c(S(=O)(=O)CCC(=O)N3CCC4(CC3)OCCO4)cc21. The number of piperidine rings is 1. The third kappa shape index (κ3) is 4.53. The molecule has 31 heavy (non-hydrogen) atoms. The number of carbonyl (C=O) groups is 2. The smallest absolute Gasteiger partial charge is 0.226 e. The van der Waals surface area contributed by atoms with Gasteiger partial charge in [0.1, 0.15) is 0 Å². The number of fused-ring (bicyclic) bond motifs is 1. The molecule has 1 aromatic rings. The normalized spacial score (nSPS) is 20.3. The van der Waals surface area contributed by atoms with Gasteiger partial charge in [0, 0.05) is 55.5 Å². The van der Waals surface area contributed by atoms with E-state index in [-0.39, 0.29) is 28.9 Å². The average molecular weight is 515 g/mol. The number of likely N-dealkylation sites (tertiary alicyclic amines) is 1. The number of benzene rings is 1. The second kappa shape index (κ2) is 8.80. The number of amides is 2. The van der Waals surface area contributed by atoms with Crippen LogP contribution in [0.2, 0.25) is 0 Å². The molecule has 0 bridgehead atoms. The molecule has 2 amide bonds. The summed E-state index contributed by atoms with van der Waals surface area (Å²) in [7, 11) is -3.71. The first-order chi connectivity index (χ1) is 14.7. The lowest BCUT2D eigenvalue weighted by Crippen LogP contribution is -2.47. The molecule has 2 fully saturated rings. The maximum atomic E-state index is 13.0. The molecule has 3 heterocycles. The molecule has 0 saturated carbocycles. The number of hydrogen-bond acceptors (Lipinski definition) is 6. The highest BCUT2D eigenvalue weighted by Crippen LogP contribution is 2.36. The number of halogens is 1. The quantitative estimate of drug-likeness (QED) is 0.598. The summed E-state index contributed by atoms with van der Waals surface area (Å²) >= 11 is 3.37.